The summed E-state index contributed by atoms with van der Waals surface area (Å²) in [6.07, 6.45) is 1.58. The van der Waals surface area contributed by atoms with Gasteiger partial charge in [-0.25, -0.2) is 4.98 Å². The number of nitrogens with one attached hydrogen (secondary N) is 2. The second-order valence-electron chi connectivity index (χ2n) is 10.8. The third-order valence-corrected chi connectivity index (χ3v) is 8.04. The standard InChI is InChI=1S/C36H35N7O2/c1-3-42(4-2)30-17-10-24(11-18-30)26-12-19-31-27(22-26)23-43(35(31)45)33(25-8-6-5-7-9-25)34(44)40-29-15-13-28(14-16-29)39-32-20-21-38-36(37)41-32/h5-22,33H,3-4,23H2,1-2H3,(H,40,44)(H3,37,38,39,41). The Hall–Kier alpha value is -5.70. The number of hydrogen-bond acceptors (Lipinski definition) is 7. The number of nitrogens with two attached hydrogens (primary N) is 1. The number of nitrogens with zero attached hydrogens (tertiary/aromatic N) is 4. The molecule has 1 aliphatic rings. The number of hydrogen-bond donors (Lipinski definition) is 3. The van der Waals surface area contributed by atoms with Crippen LogP contribution in [0.15, 0.2) is 109 Å². The van der Waals surface area contributed by atoms with E-state index in [1.54, 1.807) is 29.3 Å². The monoisotopic (exact) mass is 597 g/mol. The molecule has 226 valence electrons. The smallest absolute Gasteiger partial charge is 0.255 e. The summed E-state index contributed by atoms with van der Waals surface area (Å²) in [6.45, 7) is 6.53. The van der Waals surface area contributed by atoms with E-state index >= 15 is 0 Å². The summed E-state index contributed by atoms with van der Waals surface area (Å²) in [5, 5.41) is 6.18. The number of benzene rings is 4. The molecular weight excluding hydrogens is 562 g/mol. The minimum Gasteiger partial charge on any atom is -0.372 e. The zero-order valence-corrected chi connectivity index (χ0v) is 25.3. The van der Waals surface area contributed by atoms with E-state index in [2.05, 4.69) is 69.7 Å². The molecule has 9 nitrogen and oxygen atoms in total. The number of rotatable bonds is 10. The van der Waals surface area contributed by atoms with Crippen molar-refractivity contribution >= 4 is 40.6 Å². The summed E-state index contributed by atoms with van der Waals surface area (Å²) in [5.74, 6) is 0.283. The summed E-state index contributed by atoms with van der Waals surface area (Å²) in [5.41, 5.74) is 12.6. The molecular formula is C36H35N7O2. The van der Waals surface area contributed by atoms with Gasteiger partial charge in [0.25, 0.3) is 11.8 Å². The lowest BCUT2D eigenvalue weighted by atomic mass is 10.00. The Labute approximate surface area is 262 Å². The van der Waals surface area contributed by atoms with Crippen molar-refractivity contribution in [2.75, 3.05) is 34.4 Å². The number of anilines is 5. The van der Waals surface area contributed by atoms with Gasteiger partial charge >= 0.3 is 0 Å². The fourth-order valence-electron chi connectivity index (χ4n) is 5.73. The summed E-state index contributed by atoms with van der Waals surface area (Å²) in [4.78, 5) is 39.6. The highest BCUT2D eigenvalue weighted by molar-refractivity contribution is 6.04. The average Bonchev–Trinajstić information content (AvgIpc) is 3.38. The second-order valence-corrected chi connectivity index (χ2v) is 10.8. The van der Waals surface area contributed by atoms with E-state index < -0.39 is 6.04 Å². The highest BCUT2D eigenvalue weighted by Gasteiger charge is 2.37. The van der Waals surface area contributed by atoms with Gasteiger partial charge in [0.15, 0.2) is 0 Å². The molecule has 4 aromatic carbocycles. The molecule has 1 aromatic heterocycles. The van der Waals surface area contributed by atoms with Crippen LogP contribution in [0.5, 0.6) is 0 Å². The first-order valence-corrected chi connectivity index (χ1v) is 15.0. The van der Waals surface area contributed by atoms with E-state index in [9.17, 15) is 9.59 Å². The topological polar surface area (TPSA) is 116 Å². The van der Waals surface area contributed by atoms with Crippen LogP contribution in [0.2, 0.25) is 0 Å². The minimum atomic E-state index is -0.815. The van der Waals surface area contributed by atoms with Crippen molar-refractivity contribution in [3.8, 4) is 11.1 Å². The lowest BCUT2D eigenvalue weighted by Gasteiger charge is -2.27. The van der Waals surface area contributed by atoms with Crippen molar-refractivity contribution in [1.82, 2.24) is 14.9 Å². The Kier molecular flexibility index (Phi) is 8.41. The zero-order valence-electron chi connectivity index (χ0n) is 25.3. The fourth-order valence-corrected chi connectivity index (χ4v) is 5.73. The van der Waals surface area contributed by atoms with Gasteiger partial charge in [0.1, 0.15) is 11.9 Å². The summed E-state index contributed by atoms with van der Waals surface area (Å²) < 4.78 is 0. The zero-order chi connectivity index (χ0) is 31.3. The van der Waals surface area contributed by atoms with Gasteiger partial charge in [0, 0.05) is 48.5 Å². The number of carbonyl (C=O) groups is 2. The number of amides is 2. The first-order valence-electron chi connectivity index (χ1n) is 15.0. The molecule has 2 amide bonds. The molecule has 1 atom stereocenters. The van der Waals surface area contributed by atoms with E-state index in [-0.39, 0.29) is 17.8 Å². The van der Waals surface area contributed by atoms with Gasteiger partial charge < -0.3 is 26.2 Å². The van der Waals surface area contributed by atoms with Crippen LogP contribution in [0.3, 0.4) is 0 Å². The van der Waals surface area contributed by atoms with E-state index in [0.29, 0.717) is 23.6 Å². The molecule has 6 rings (SSSR count). The molecule has 0 saturated heterocycles. The van der Waals surface area contributed by atoms with Crippen molar-refractivity contribution in [3.63, 3.8) is 0 Å². The van der Waals surface area contributed by atoms with Crippen molar-refractivity contribution in [3.05, 3.63) is 126 Å². The van der Waals surface area contributed by atoms with Crippen molar-refractivity contribution in [2.45, 2.75) is 26.4 Å². The number of nitrogen functional groups attached to an aromatic ring is 1. The normalized spacial score (nSPS) is 12.8. The van der Waals surface area contributed by atoms with Crippen LogP contribution in [0, 0.1) is 0 Å². The van der Waals surface area contributed by atoms with Gasteiger partial charge in [-0.1, -0.05) is 48.5 Å². The molecule has 0 fully saturated rings. The first-order chi connectivity index (χ1) is 21.9. The van der Waals surface area contributed by atoms with Crippen LogP contribution in [0.4, 0.5) is 28.8 Å². The third kappa shape index (κ3) is 6.33. The van der Waals surface area contributed by atoms with Gasteiger partial charge in [-0.3, -0.25) is 9.59 Å². The van der Waals surface area contributed by atoms with Crippen molar-refractivity contribution in [2.24, 2.45) is 0 Å². The number of aromatic nitrogens is 2. The maximum absolute atomic E-state index is 13.9. The average molecular weight is 598 g/mol. The van der Waals surface area contributed by atoms with Gasteiger partial charge in [0.05, 0.1) is 0 Å². The Morgan fingerprint density at radius 1 is 0.889 bits per heavy atom. The first kappa shape index (κ1) is 29.4. The van der Waals surface area contributed by atoms with E-state index in [1.807, 2.05) is 54.6 Å². The van der Waals surface area contributed by atoms with Gasteiger partial charge in [-0.2, -0.15) is 4.98 Å². The molecule has 0 radical (unpaired) electrons. The highest BCUT2D eigenvalue weighted by Crippen LogP contribution is 2.35. The number of fused-ring (bicyclic) bond motifs is 1. The number of carbonyl (C=O) groups excluding carboxylic acids is 2. The Bertz CT molecular complexity index is 1800. The molecule has 4 N–H and O–H groups in total. The minimum absolute atomic E-state index is 0.166. The van der Waals surface area contributed by atoms with Crippen LogP contribution >= 0.6 is 0 Å². The molecule has 1 aliphatic heterocycles. The molecule has 9 heteroatoms. The molecule has 2 heterocycles. The molecule has 1 unspecified atom stereocenters. The lowest BCUT2D eigenvalue weighted by Crippen LogP contribution is -2.37. The predicted octanol–water partition coefficient (Wildman–Crippen LogP) is 6.65. The largest absolute Gasteiger partial charge is 0.372 e. The fraction of sp³-hybridized carbons (Fsp3) is 0.167. The second kappa shape index (κ2) is 12.9. The molecule has 45 heavy (non-hydrogen) atoms. The lowest BCUT2D eigenvalue weighted by molar-refractivity contribution is -0.120. The SMILES string of the molecule is CCN(CC)c1ccc(-c2ccc3c(c2)CN(C(C(=O)Nc2ccc(Nc4ccnc(N)n4)cc2)c2ccccc2)C3=O)cc1. The maximum atomic E-state index is 13.9. The van der Waals surface area contributed by atoms with E-state index in [0.717, 1.165) is 41.0 Å². The summed E-state index contributed by atoms with van der Waals surface area (Å²) >= 11 is 0. The Balaban J connectivity index is 1.21. The Morgan fingerprint density at radius 2 is 1.58 bits per heavy atom. The third-order valence-electron chi connectivity index (χ3n) is 8.04. The van der Waals surface area contributed by atoms with Gasteiger partial charge in [-0.05, 0) is 90.7 Å². The van der Waals surface area contributed by atoms with Gasteiger partial charge in [0.2, 0.25) is 5.95 Å². The molecule has 0 bridgehead atoms. The van der Waals surface area contributed by atoms with E-state index in [1.165, 1.54) is 5.69 Å². The highest BCUT2D eigenvalue weighted by atomic mass is 16.2. The van der Waals surface area contributed by atoms with Crippen molar-refractivity contribution < 1.29 is 9.59 Å². The van der Waals surface area contributed by atoms with E-state index in [4.69, 9.17) is 5.73 Å². The summed E-state index contributed by atoms with van der Waals surface area (Å²) in [6, 6.07) is 32.0. The van der Waals surface area contributed by atoms with Crippen LogP contribution in [-0.4, -0.2) is 39.8 Å². The molecule has 0 aliphatic carbocycles. The molecule has 0 saturated carbocycles. The van der Waals surface area contributed by atoms with Crippen molar-refractivity contribution in [1.29, 1.82) is 0 Å². The molecule has 5 aromatic rings. The van der Waals surface area contributed by atoms with Crippen LogP contribution < -0.4 is 21.3 Å². The van der Waals surface area contributed by atoms with Gasteiger partial charge in [-0.15, -0.1) is 0 Å². The van der Waals surface area contributed by atoms with Crippen LogP contribution in [-0.2, 0) is 11.3 Å². The maximum Gasteiger partial charge on any atom is 0.255 e. The van der Waals surface area contributed by atoms with Crippen LogP contribution in [0.25, 0.3) is 11.1 Å². The Morgan fingerprint density at radius 3 is 2.27 bits per heavy atom. The summed E-state index contributed by atoms with van der Waals surface area (Å²) in [7, 11) is 0. The van der Waals surface area contributed by atoms with Crippen LogP contribution in [0.1, 0.15) is 41.4 Å². The predicted molar refractivity (Wildman–Crippen MR) is 179 cm³/mol. The quantitative estimate of drug-likeness (QED) is 0.165. The molecule has 0 spiro atoms.